The highest BCUT2D eigenvalue weighted by molar-refractivity contribution is 4.92. The van der Waals surface area contributed by atoms with E-state index in [1.54, 1.807) is 6.20 Å². The van der Waals surface area contributed by atoms with Crippen LogP contribution in [0.2, 0.25) is 0 Å². The van der Waals surface area contributed by atoms with Gasteiger partial charge in [-0.05, 0) is 13.5 Å². The first kappa shape index (κ1) is 10.3. The summed E-state index contributed by atoms with van der Waals surface area (Å²) < 4.78 is 0. The summed E-state index contributed by atoms with van der Waals surface area (Å²) >= 11 is 0. The van der Waals surface area contributed by atoms with Gasteiger partial charge in [-0.25, -0.2) is 5.84 Å². The molecule has 1 rings (SSSR count). The molecule has 0 aromatic carbocycles. The van der Waals surface area contributed by atoms with Crippen molar-refractivity contribution in [1.82, 2.24) is 9.91 Å². The average Bonchev–Trinajstić information content (AvgIpc) is 2.30. The topological polar surface area (TPSA) is 78.8 Å². The summed E-state index contributed by atoms with van der Waals surface area (Å²) in [6.07, 6.45) is 3.67. The largest absolute Gasteiger partial charge is 0.403 e. The van der Waals surface area contributed by atoms with Gasteiger partial charge in [-0.1, -0.05) is 0 Å². The van der Waals surface area contributed by atoms with Crippen LogP contribution in [0.15, 0.2) is 12.4 Å². The van der Waals surface area contributed by atoms with Crippen molar-refractivity contribution in [2.75, 3.05) is 26.7 Å². The summed E-state index contributed by atoms with van der Waals surface area (Å²) in [6.45, 7) is 2.00. The highest BCUT2D eigenvalue weighted by atomic mass is 16.3. The van der Waals surface area contributed by atoms with Crippen LogP contribution >= 0.6 is 0 Å². The van der Waals surface area contributed by atoms with Crippen LogP contribution in [0.25, 0.3) is 0 Å². The SMILES string of the molecule is CN1CCC(O)(CN(N)/C=C\N)C1. The number of hydrogen-bond acceptors (Lipinski definition) is 5. The molecular formula is C8H18N4O. The summed E-state index contributed by atoms with van der Waals surface area (Å²) in [5, 5.41) is 11.4. The molecule has 5 heteroatoms. The number of β-amino-alcohol motifs (C(OH)–C–C–N with tert-alkyl or cyclic N) is 1. The van der Waals surface area contributed by atoms with Gasteiger partial charge in [0.15, 0.2) is 0 Å². The number of nitrogens with two attached hydrogens (primary N) is 2. The molecule has 13 heavy (non-hydrogen) atoms. The lowest BCUT2D eigenvalue weighted by atomic mass is 10.0. The maximum absolute atomic E-state index is 10.0. The maximum Gasteiger partial charge on any atom is 0.0975 e. The summed E-state index contributed by atoms with van der Waals surface area (Å²) in [4.78, 5) is 2.08. The number of aliphatic hydroxyl groups is 1. The van der Waals surface area contributed by atoms with Crippen molar-refractivity contribution in [1.29, 1.82) is 0 Å². The van der Waals surface area contributed by atoms with Gasteiger partial charge in [-0.15, -0.1) is 0 Å². The van der Waals surface area contributed by atoms with Gasteiger partial charge in [0, 0.05) is 25.5 Å². The molecule has 0 radical (unpaired) electrons. The normalized spacial score (nSPS) is 30.1. The number of rotatable bonds is 3. The van der Waals surface area contributed by atoms with Gasteiger partial charge < -0.3 is 20.7 Å². The Morgan fingerprint density at radius 2 is 2.38 bits per heavy atom. The van der Waals surface area contributed by atoms with Gasteiger partial charge in [0.2, 0.25) is 0 Å². The first-order valence-electron chi connectivity index (χ1n) is 4.36. The molecule has 1 heterocycles. The molecule has 1 aliphatic heterocycles. The second-order valence-corrected chi connectivity index (χ2v) is 3.73. The third-order valence-corrected chi connectivity index (χ3v) is 2.28. The minimum atomic E-state index is -0.691. The number of likely N-dealkylation sites (N-methyl/N-ethyl adjacent to an activating group) is 1. The molecule has 0 aromatic heterocycles. The van der Waals surface area contributed by atoms with Gasteiger partial charge in [0.05, 0.1) is 12.1 Å². The fourth-order valence-electron chi connectivity index (χ4n) is 1.69. The lowest BCUT2D eigenvalue weighted by molar-refractivity contribution is 0.0258. The molecule has 1 atom stereocenters. The summed E-state index contributed by atoms with van der Waals surface area (Å²) in [5.74, 6) is 5.58. The molecule has 1 aliphatic rings. The quantitative estimate of drug-likeness (QED) is 0.375. The van der Waals surface area contributed by atoms with Crippen molar-refractivity contribution in [2.45, 2.75) is 12.0 Å². The molecule has 5 nitrogen and oxygen atoms in total. The maximum atomic E-state index is 10.0. The molecule has 0 aromatic rings. The minimum absolute atomic E-state index is 0.422. The monoisotopic (exact) mass is 186 g/mol. The molecular weight excluding hydrogens is 168 g/mol. The minimum Gasteiger partial charge on any atom is -0.403 e. The molecule has 0 amide bonds. The molecule has 5 N–H and O–H groups in total. The van der Waals surface area contributed by atoms with Crippen molar-refractivity contribution >= 4 is 0 Å². The first-order chi connectivity index (χ1) is 6.06. The average molecular weight is 186 g/mol. The van der Waals surface area contributed by atoms with Crippen molar-refractivity contribution < 1.29 is 5.11 Å². The van der Waals surface area contributed by atoms with E-state index in [0.29, 0.717) is 13.1 Å². The van der Waals surface area contributed by atoms with E-state index in [-0.39, 0.29) is 0 Å². The fourth-order valence-corrected chi connectivity index (χ4v) is 1.69. The van der Waals surface area contributed by atoms with Crippen LogP contribution in [0.1, 0.15) is 6.42 Å². The van der Waals surface area contributed by atoms with Crippen LogP contribution in [0.3, 0.4) is 0 Å². The molecule has 1 fully saturated rings. The number of hydrogen-bond donors (Lipinski definition) is 3. The summed E-state index contributed by atoms with van der Waals surface area (Å²) in [7, 11) is 1.98. The van der Waals surface area contributed by atoms with Crippen LogP contribution in [0.5, 0.6) is 0 Å². The Bertz CT molecular complexity index is 197. The van der Waals surface area contributed by atoms with Crippen LogP contribution in [-0.4, -0.2) is 47.3 Å². The Morgan fingerprint density at radius 3 is 2.85 bits per heavy atom. The molecule has 0 spiro atoms. The predicted octanol–water partition coefficient (Wildman–Crippen LogP) is -1.34. The van der Waals surface area contributed by atoms with E-state index in [1.807, 2.05) is 7.05 Å². The van der Waals surface area contributed by atoms with Crippen molar-refractivity contribution in [3.63, 3.8) is 0 Å². The van der Waals surface area contributed by atoms with E-state index in [9.17, 15) is 5.11 Å². The Kier molecular flexibility index (Phi) is 3.13. The zero-order chi connectivity index (χ0) is 9.90. The molecule has 1 unspecified atom stereocenters. The molecule has 0 aliphatic carbocycles. The van der Waals surface area contributed by atoms with Gasteiger partial charge in [0.25, 0.3) is 0 Å². The van der Waals surface area contributed by atoms with Gasteiger partial charge in [-0.2, -0.15) is 0 Å². The fraction of sp³-hybridized carbons (Fsp3) is 0.750. The zero-order valence-electron chi connectivity index (χ0n) is 7.98. The second-order valence-electron chi connectivity index (χ2n) is 3.73. The van der Waals surface area contributed by atoms with E-state index >= 15 is 0 Å². The third-order valence-electron chi connectivity index (χ3n) is 2.28. The number of nitrogens with zero attached hydrogens (tertiary/aromatic N) is 2. The van der Waals surface area contributed by atoms with E-state index in [0.717, 1.165) is 13.0 Å². The third kappa shape index (κ3) is 2.87. The highest BCUT2D eigenvalue weighted by Crippen LogP contribution is 2.20. The zero-order valence-corrected chi connectivity index (χ0v) is 7.98. The van der Waals surface area contributed by atoms with E-state index < -0.39 is 5.60 Å². The van der Waals surface area contributed by atoms with Crippen LogP contribution in [0.4, 0.5) is 0 Å². The molecule has 76 valence electrons. The smallest absolute Gasteiger partial charge is 0.0975 e. The Balaban J connectivity index is 2.43. The first-order valence-corrected chi connectivity index (χ1v) is 4.36. The Hall–Kier alpha value is -0.780. The van der Waals surface area contributed by atoms with Gasteiger partial charge >= 0.3 is 0 Å². The van der Waals surface area contributed by atoms with E-state index in [2.05, 4.69) is 4.90 Å². The molecule has 0 bridgehead atoms. The second kappa shape index (κ2) is 3.95. The molecule has 0 saturated carbocycles. The van der Waals surface area contributed by atoms with E-state index in [4.69, 9.17) is 11.6 Å². The van der Waals surface area contributed by atoms with Crippen molar-refractivity contribution in [2.24, 2.45) is 11.6 Å². The van der Waals surface area contributed by atoms with Gasteiger partial charge in [0.1, 0.15) is 0 Å². The van der Waals surface area contributed by atoms with Gasteiger partial charge in [-0.3, -0.25) is 0 Å². The Labute approximate surface area is 78.6 Å². The Morgan fingerprint density at radius 1 is 1.69 bits per heavy atom. The van der Waals surface area contributed by atoms with Crippen LogP contribution in [0, 0.1) is 0 Å². The van der Waals surface area contributed by atoms with Crippen molar-refractivity contribution in [3.8, 4) is 0 Å². The van der Waals surface area contributed by atoms with Crippen LogP contribution < -0.4 is 11.6 Å². The predicted molar refractivity (Wildman–Crippen MR) is 51.3 cm³/mol. The number of hydrazine groups is 1. The standard InChI is InChI=1S/C8H18N4O/c1-11-4-2-8(13,6-11)7-12(10)5-3-9/h3,5,13H,2,4,6-7,9-10H2,1H3/b5-3-. The summed E-state index contributed by atoms with van der Waals surface area (Å²) in [5.41, 5.74) is 4.49. The highest BCUT2D eigenvalue weighted by Gasteiger charge is 2.35. The summed E-state index contributed by atoms with van der Waals surface area (Å²) in [6, 6.07) is 0. The van der Waals surface area contributed by atoms with Crippen molar-refractivity contribution in [3.05, 3.63) is 12.4 Å². The molecule has 1 saturated heterocycles. The van der Waals surface area contributed by atoms with E-state index in [1.165, 1.54) is 11.2 Å². The number of likely N-dealkylation sites (tertiary alicyclic amines) is 1. The lowest BCUT2D eigenvalue weighted by Gasteiger charge is -2.26. The lowest BCUT2D eigenvalue weighted by Crippen LogP contribution is -2.45. The van der Waals surface area contributed by atoms with Crippen LogP contribution in [-0.2, 0) is 0 Å².